The lowest BCUT2D eigenvalue weighted by atomic mass is 10.1. The van der Waals surface area contributed by atoms with E-state index >= 15 is 0 Å². The van der Waals surface area contributed by atoms with Crippen molar-refractivity contribution in [2.75, 3.05) is 13.2 Å². The van der Waals surface area contributed by atoms with Gasteiger partial charge in [0, 0.05) is 18.2 Å². The van der Waals surface area contributed by atoms with Crippen molar-refractivity contribution in [2.24, 2.45) is 0 Å². The molecule has 0 bridgehead atoms. The molecule has 1 aliphatic rings. The van der Waals surface area contributed by atoms with Crippen molar-refractivity contribution in [3.8, 4) is 0 Å². The van der Waals surface area contributed by atoms with E-state index in [1.165, 1.54) is 12.8 Å². The van der Waals surface area contributed by atoms with Gasteiger partial charge in [-0.1, -0.05) is 13.8 Å². The van der Waals surface area contributed by atoms with Gasteiger partial charge in [0.2, 0.25) is 0 Å². The summed E-state index contributed by atoms with van der Waals surface area (Å²) < 4.78 is 16.9. The first-order valence-corrected chi connectivity index (χ1v) is 7.23. The maximum Gasteiger partial charge on any atom is 0.123 e. The molecule has 1 saturated heterocycles. The summed E-state index contributed by atoms with van der Waals surface area (Å²) in [6, 6.07) is 2.44. The van der Waals surface area contributed by atoms with E-state index in [-0.39, 0.29) is 6.10 Å². The molecule has 0 saturated carbocycles. The van der Waals surface area contributed by atoms with Crippen LogP contribution in [0.2, 0.25) is 0 Å². The van der Waals surface area contributed by atoms with Gasteiger partial charge in [0.25, 0.3) is 0 Å². The van der Waals surface area contributed by atoms with Gasteiger partial charge in [0.1, 0.15) is 5.76 Å². The Bertz CT molecular complexity index is 356. The van der Waals surface area contributed by atoms with Crippen molar-refractivity contribution in [1.82, 2.24) is 5.32 Å². The monoisotopic (exact) mass is 267 g/mol. The van der Waals surface area contributed by atoms with Gasteiger partial charge >= 0.3 is 0 Å². The topological polar surface area (TPSA) is 43.6 Å². The molecular formula is C15H25NO3. The van der Waals surface area contributed by atoms with Gasteiger partial charge in [-0.05, 0) is 25.3 Å². The molecule has 0 amide bonds. The van der Waals surface area contributed by atoms with Crippen molar-refractivity contribution < 1.29 is 13.9 Å². The Morgan fingerprint density at radius 3 is 3.05 bits per heavy atom. The first kappa shape index (κ1) is 14.6. The number of nitrogens with one attached hydrogen (secondary N) is 1. The van der Waals surface area contributed by atoms with Gasteiger partial charge in [0.15, 0.2) is 0 Å². The van der Waals surface area contributed by atoms with E-state index in [9.17, 15) is 0 Å². The molecule has 2 heterocycles. The highest BCUT2D eigenvalue weighted by Crippen LogP contribution is 2.15. The molecular weight excluding hydrogens is 242 g/mol. The van der Waals surface area contributed by atoms with Gasteiger partial charge in [-0.3, -0.25) is 0 Å². The van der Waals surface area contributed by atoms with E-state index in [1.807, 2.05) is 6.07 Å². The Kier molecular flexibility index (Phi) is 5.89. The van der Waals surface area contributed by atoms with Crippen LogP contribution in [0.5, 0.6) is 0 Å². The van der Waals surface area contributed by atoms with Crippen molar-refractivity contribution in [2.45, 2.75) is 58.4 Å². The van der Waals surface area contributed by atoms with Crippen LogP contribution in [-0.4, -0.2) is 25.4 Å². The zero-order valence-electron chi connectivity index (χ0n) is 12.0. The fraction of sp³-hybridized carbons (Fsp3) is 0.733. The molecule has 0 radical (unpaired) electrons. The highest BCUT2D eigenvalue weighted by molar-refractivity contribution is 5.15. The van der Waals surface area contributed by atoms with Crippen LogP contribution in [0.25, 0.3) is 0 Å². The SMILES string of the molecule is CC(C)NCc1occc1COCC1CCCCO1. The Morgan fingerprint density at radius 2 is 2.32 bits per heavy atom. The molecule has 1 unspecified atom stereocenters. The lowest BCUT2D eigenvalue weighted by Crippen LogP contribution is -2.24. The minimum Gasteiger partial charge on any atom is -0.468 e. The molecule has 0 spiro atoms. The van der Waals surface area contributed by atoms with Crippen LogP contribution < -0.4 is 5.32 Å². The van der Waals surface area contributed by atoms with Crippen molar-refractivity contribution in [3.05, 3.63) is 23.7 Å². The molecule has 0 aromatic carbocycles. The fourth-order valence-corrected chi connectivity index (χ4v) is 2.19. The third-order valence-electron chi connectivity index (χ3n) is 3.34. The van der Waals surface area contributed by atoms with E-state index < -0.39 is 0 Å². The van der Waals surface area contributed by atoms with Gasteiger partial charge in [-0.25, -0.2) is 0 Å². The van der Waals surface area contributed by atoms with E-state index in [0.717, 1.165) is 30.9 Å². The average molecular weight is 267 g/mol. The standard InChI is InChI=1S/C15H25NO3/c1-12(2)16-9-15-13(6-8-19-15)10-17-11-14-5-3-4-7-18-14/h6,8,12,14,16H,3-5,7,9-11H2,1-2H3. The summed E-state index contributed by atoms with van der Waals surface area (Å²) in [5, 5.41) is 3.35. The maximum atomic E-state index is 5.75. The second-order valence-electron chi connectivity index (χ2n) is 5.41. The Hall–Kier alpha value is -0.840. The average Bonchev–Trinajstić information content (AvgIpc) is 2.85. The van der Waals surface area contributed by atoms with Crippen molar-refractivity contribution in [3.63, 3.8) is 0 Å². The maximum absolute atomic E-state index is 5.75. The molecule has 0 aliphatic carbocycles. The number of hydrogen-bond donors (Lipinski definition) is 1. The number of ether oxygens (including phenoxy) is 2. The van der Waals surface area contributed by atoms with E-state index in [2.05, 4.69) is 19.2 Å². The Balaban J connectivity index is 1.71. The molecule has 4 heteroatoms. The molecule has 1 aromatic rings. The molecule has 4 nitrogen and oxygen atoms in total. The predicted octanol–water partition coefficient (Wildman–Crippen LogP) is 2.86. The van der Waals surface area contributed by atoms with Gasteiger partial charge < -0.3 is 19.2 Å². The second-order valence-corrected chi connectivity index (χ2v) is 5.41. The van der Waals surface area contributed by atoms with Crippen LogP contribution >= 0.6 is 0 Å². The second kappa shape index (κ2) is 7.68. The van der Waals surface area contributed by atoms with E-state index in [1.54, 1.807) is 6.26 Å². The Morgan fingerprint density at radius 1 is 1.42 bits per heavy atom. The predicted molar refractivity (Wildman–Crippen MR) is 73.9 cm³/mol. The van der Waals surface area contributed by atoms with Crippen molar-refractivity contribution >= 4 is 0 Å². The molecule has 108 valence electrons. The summed E-state index contributed by atoms with van der Waals surface area (Å²) in [5.74, 6) is 0.971. The summed E-state index contributed by atoms with van der Waals surface area (Å²) in [6.07, 6.45) is 5.56. The van der Waals surface area contributed by atoms with Crippen LogP contribution in [-0.2, 0) is 22.6 Å². The third-order valence-corrected chi connectivity index (χ3v) is 3.34. The van der Waals surface area contributed by atoms with Crippen LogP contribution in [0, 0.1) is 0 Å². The van der Waals surface area contributed by atoms with Crippen LogP contribution in [0.4, 0.5) is 0 Å². The normalized spacial score (nSPS) is 20.1. The zero-order chi connectivity index (χ0) is 13.5. The largest absolute Gasteiger partial charge is 0.468 e. The van der Waals surface area contributed by atoms with Crippen LogP contribution in [0.3, 0.4) is 0 Å². The molecule has 1 atom stereocenters. The molecule has 1 aliphatic heterocycles. The molecule has 1 fully saturated rings. The minimum atomic E-state index is 0.276. The Labute approximate surface area is 115 Å². The molecule has 1 N–H and O–H groups in total. The van der Waals surface area contributed by atoms with Crippen molar-refractivity contribution in [1.29, 1.82) is 0 Å². The summed E-state index contributed by atoms with van der Waals surface area (Å²) in [5.41, 5.74) is 1.13. The zero-order valence-corrected chi connectivity index (χ0v) is 12.0. The molecule has 2 rings (SSSR count). The number of furan rings is 1. The minimum absolute atomic E-state index is 0.276. The highest BCUT2D eigenvalue weighted by Gasteiger charge is 2.14. The number of hydrogen-bond acceptors (Lipinski definition) is 4. The first-order chi connectivity index (χ1) is 9.25. The summed E-state index contributed by atoms with van der Waals surface area (Å²) in [6.45, 7) is 7.17. The summed E-state index contributed by atoms with van der Waals surface area (Å²) >= 11 is 0. The summed E-state index contributed by atoms with van der Waals surface area (Å²) in [4.78, 5) is 0. The van der Waals surface area contributed by atoms with Gasteiger partial charge in [0.05, 0.1) is 32.1 Å². The summed E-state index contributed by atoms with van der Waals surface area (Å²) in [7, 11) is 0. The molecule has 1 aromatic heterocycles. The highest BCUT2D eigenvalue weighted by atomic mass is 16.5. The van der Waals surface area contributed by atoms with Gasteiger partial charge in [-0.15, -0.1) is 0 Å². The lowest BCUT2D eigenvalue weighted by Gasteiger charge is -2.22. The third kappa shape index (κ3) is 4.97. The smallest absolute Gasteiger partial charge is 0.123 e. The van der Waals surface area contributed by atoms with E-state index in [4.69, 9.17) is 13.9 Å². The first-order valence-electron chi connectivity index (χ1n) is 7.23. The van der Waals surface area contributed by atoms with Gasteiger partial charge in [-0.2, -0.15) is 0 Å². The lowest BCUT2D eigenvalue weighted by molar-refractivity contribution is -0.0449. The van der Waals surface area contributed by atoms with E-state index in [0.29, 0.717) is 19.3 Å². The number of rotatable bonds is 7. The molecule has 19 heavy (non-hydrogen) atoms. The quantitative estimate of drug-likeness (QED) is 0.825. The fourth-order valence-electron chi connectivity index (χ4n) is 2.19. The van der Waals surface area contributed by atoms with Crippen LogP contribution in [0.1, 0.15) is 44.4 Å². The van der Waals surface area contributed by atoms with Crippen LogP contribution in [0.15, 0.2) is 16.7 Å².